The van der Waals surface area contributed by atoms with Crippen LogP contribution in [0.25, 0.3) is 5.57 Å². The number of carbonyl (C=O) groups excluding carboxylic acids is 2. The van der Waals surface area contributed by atoms with Gasteiger partial charge in [-0.25, -0.2) is 8.78 Å². The second kappa shape index (κ2) is 8.14. The van der Waals surface area contributed by atoms with E-state index in [1.165, 1.54) is 42.5 Å². The third kappa shape index (κ3) is 4.10. The van der Waals surface area contributed by atoms with Crippen LogP contribution in [0.1, 0.15) is 22.3 Å². The van der Waals surface area contributed by atoms with E-state index in [0.29, 0.717) is 16.8 Å². The molecule has 1 heterocycles. The van der Waals surface area contributed by atoms with Gasteiger partial charge >= 0.3 is 0 Å². The first-order valence-electron chi connectivity index (χ1n) is 9.78. The quantitative estimate of drug-likeness (QED) is 0.595. The van der Waals surface area contributed by atoms with Crippen molar-refractivity contribution >= 4 is 23.1 Å². The SMILES string of the molecule is Cc1ccc(C2=C(Nc3cccc(F)c3)C(=O)N(Cc3ccc(F)cc3)C2=O)c(C)c1. The van der Waals surface area contributed by atoms with Gasteiger partial charge in [0.25, 0.3) is 11.8 Å². The van der Waals surface area contributed by atoms with E-state index in [-0.39, 0.29) is 17.8 Å². The minimum Gasteiger partial charge on any atom is -0.350 e. The molecule has 1 N–H and O–H groups in total. The Bertz CT molecular complexity index is 1220. The molecule has 31 heavy (non-hydrogen) atoms. The molecule has 0 spiro atoms. The first kappa shape index (κ1) is 20.5. The van der Waals surface area contributed by atoms with Crippen molar-refractivity contribution in [1.82, 2.24) is 4.90 Å². The van der Waals surface area contributed by atoms with Gasteiger partial charge in [0.2, 0.25) is 0 Å². The molecule has 3 aromatic rings. The Morgan fingerprint density at radius 2 is 1.58 bits per heavy atom. The van der Waals surface area contributed by atoms with Crippen LogP contribution in [-0.2, 0) is 16.1 Å². The summed E-state index contributed by atoms with van der Waals surface area (Å²) in [6, 6.07) is 16.9. The number of halogens is 2. The topological polar surface area (TPSA) is 49.4 Å². The number of carbonyl (C=O) groups is 2. The van der Waals surface area contributed by atoms with Crippen molar-refractivity contribution in [3.8, 4) is 0 Å². The lowest BCUT2D eigenvalue weighted by molar-refractivity contribution is -0.137. The van der Waals surface area contributed by atoms with E-state index >= 15 is 0 Å². The van der Waals surface area contributed by atoms with Crippen molar-refractivity contribution in [1.29, 1.82) is 0 Å². The van der Waals surface area contributed by atoms with E-state index in [9.17, 15) is 18.4 Å². The van der Waals surface area contributed by atoms with Crippen LogP contribution < -0.4 is 5.32 Å². The van der Waals surface area contributed by atoms with E-state index in [2.05, 4.69) is 5.32 Å². The van der Waals surface area contributed by atoms with E-state index in [4.69, 9.17) is 0 Å². The third-order valence-corrected chi connectivity index (χ3v) is 5.17. The maximum absolute atomic E-state index is 13.7. The van der Waals surface area contributed by atoms with E-state index in [1.54, 1.807) is 12.1 Å². The predicted molar refractivity (Wildman–Crippen MR) is 115 cm³/mol. The summed E-state index contributed by atoms with van der Waals surface area (Å²) in [4.78, 5) is 27.7. The monoisotopic (exact) mass is 418 g/mol. The van der Waals surface area contributed by atoms with E-state index in [1.807, 2.05) is 26.0 Å². The number of anilines is 1. The van der Waals surface area contributed by atoms with Crippen LogP contribution in [0, 0.1) is 25.5 Å². The Balaban J connectivity index is 1.77. The molecule has 0 unspecified atom stereocenters. The fourth-order valence-corrected chi connectivity index (χ4v) is 3.66. The summed E-state index contributed by atoms with van der Waals surface area (Å²) < 4.78 is 26.9. The van der Waals surface area contributed by atoms with Gasteiger partial charge in [0.15, 0.2) is 0 Å². The highest BCUT2D eigenvalue weighted by Gasteiger charge is 2.39. The lowest BCUT2D eigenvalue weighted by Gasteiger charge is -2.15. The summed E-state index contributed by atoms with van der Waals surface area (Å²) >= 11 is 0. The first-order valence-corrected chi connectivity index (χ1v) is 9.78. The average Bonchev–Trinajstić information content (AvgIpc) is 2.94. The van der Waals surface area contributed by atoms with Crippen LogP contribution in [-0.4, -0.2) is 16.7 Å². The first-order chi connectivity index (χ1) is 14.8. The Morgan fingerprint density at radius 3 is 2.26 bits per heavy atom. The number of rotatable bonds is 5. The Morgan fingerprint density at radius 1 is 0.839 bits per heavy atom. The molecule has 2 amide bonds. The molecule has 4 nitrogen and oxygen atoms in total. The molecule has 1 aliphatic rings. The van der Waals surface area contributed by atoms with Gasteiger partial charge in [-0.05, 0) is 60.9 Å². The summed E-state index contributed by atoms with van der Waals surface area (Å²) in [5.41, 5.74) is 3.81. The van der Waals surface area contributed by atoms with Crippen molar-refractivity contribution in [3.63, 3.8) is 0 Å². The minimum atomic E-state index is -0.520. The van der Waals surface area contributed by atoms with Gasteiger partial charge in [0.05, 0.1) is 12.1 Å². The van der Waals surface area contributed by atoms with Crippen molar-refractivity contribution < 1.29 is 18.4 Å². The van der Waals surface area contributed by atoms with E-state index < -0.39 is 23.4 Å². The van der Waals surface area contributed by atoms with Gasteiger partial charge in [-0.1, -0.05) is 42.0 Å². The van der Waals surface area contributed by atoms with E-state index in [0.717, 1.165) is 16.0 Å². The molecule has 0 saturated carbocycles. The molecular formula is C25H20F2N2O2. The van der Waals surface area contributed by atoms with Gasteiger partial charge in [0, 0.05) is 5.69 Å². The number of imide groups is 1. The summed E-state index contributed by atoms with van der Waals surface area (Å²) in [5, 5.41) is 2.94. The number of hydrogen-bond acceptors (Lipinski definition) is 3. The lowest BCUT2D eigenvalue weighted by atomic mass is 9.97. The maximum atomic E-state index is 13.7. The molecule has 0 radical (unpaired) electrons. The van der Waals surface area contributed by atoms with Crippen LogP contribution in [0.4, 0.5) is 14.5 Å². The Hall–Kier alpha value is -3.80. The molecule has 4 rings (SSSR count). The van der Waals surface area contributed by atoms with Gasteiger partial charge < -0.3 is 5.32 Å². The highest BCUT2D eigenvalue weighted by molar-refractivity contribution is 6.36. The Kier molecular flexibility index (Phi) is 5.38. The second-order valence-electron chi connectivity index (χ2n) is 7.53. The van der Waals surface area contributed by atoms with Crippen LogP contribution in [0.15, 0.2) is 72.4 Å². The zero-order valence-corrected chi connectivity index (χ0v) is 17.1. The largest absolute Gasteiger partial charge is 0.350 e. The molecule has 0 fully saturated rings. The fourth-order valence-electron chi connectivity index (χ4n) is 3.66. The zero-order chi connectivity index (χ0) is 22.1. The fraction of sp³-hybridized carbons (Fsp3) is 0.120. The highest BCUT2D eigenvalue weighted by Crippen LogP contribution is 2.33. The molecule has 1 aliphatic heterocycles. The normalized spacial score (nSPS) is 13.9. The number of aryl methyl sites for hydroxylation is 2. The molecule has 156 valence electrons. The smallest absolute Gasteiger partial charge is 0.278 e. The highest BCUT2D eigenvalue weighted by atomic mass is 19.1. The zero-order valence-electron chi connectivity index (χ0n) is 17.1. The molecule has 0 aliphatic carbocycles. The summed E-state index contributed by atoms with van der Waals surface area (Å²) in [6.45, 7) is 3.82. The minimum absolute atomic E-state index is 0.000681. The maximum Gasteiger partial charge on any atom is 0.278 e. The summed E-state index contributed by atoms with van der Waals surface area (Å²) in [5.74, 6) is -1.84. The summed E-state index contributed by atoms with van der Waals surface area (Å²) in [7, 11) is 0. The van der Waals surface area contributed by atoms with Crippen LogP contribution in [0.5, 0.6) is 0 Å². The number of hydrogen-bond donors (Lipinski definition) is 1. The number of nitrogens with zero attached hydrogens (tertiary/aromatic N) is 1. The lowest BCUT2D eigenvalue weighted by Crippen LogP contribution is -2.32. The number of nitrogens with one attached hydrogen (secondary N) is 1. The van der Waals surface area contributed by atoms with Crippen LogP contribution >= 0.6 is 0 Å². The molecule has 0 aromatic heterocycles. The predicted octanol–water partition coefficient (Wildman–Crippen LogP) is 4.97. The molecular weight excluding hydrogens is 398 g/mol. The van der Waals surface area contributed by atoms with Gasteiger partial charge in [-0.2, -0.15) is 0 Å². The molecule has 0 saturated heterocycles. The van der Waals surface area contributed by atoms with Crippen LogP contribution in [0.3, 0.4) is 0 Å². The van der Waals surface area contributed by atoms with Crippen molar-refractivity contribution in [3.05, 3.63) is 106 Å². The molecule has 6 heteroatoms. The average molecular weight is 418 g/mol. The summed E-state index contributed by atoms with van der Waals surface area (Å²) in [6.07, 6.45) is 0. The van der Waals surface area contributed by atoms with Gasteiger partial charge in [-0.15, -0.1) is 0 Å². The number of benzene rings is 3. The standard InChI is InChI=1S/C25H20F2N2O2/c1-15-6-11-21(16(2)12-15)22-23(28-20-5-3-4-19(27)13-20)25(31)29(24(22)30)14-17-7-9-18(26)10-8-17/h3-13,28H,14H2,1-2H3. The Labute approximate surface area is 178 Å². The van der Waals surface area contributed by atoms with Gasteiger partial charge in [-0.3, -0.25) is 14.5 Å². The number of amides is 2. The molecule has 3 aromatic carbocycles. The molecule has 0 atom stereocenters. The van der Waals surface area contributed by atoms with Crippen molar-refractivity contribution in [2.45, 2.75) is 20.4 Å². The van der Waals surface area contributed by atoms with Crippen molar-refractivity contribution in [2.75, 3.05) is 5.32 Å². The molecule has 0 bridgehead atoms. The van der Waals surface area contributed by atoms with Crippen LogP contribution in [0.2, 0.25) is 0 Å². The van der Waals surface area contributed by atoms with Gasteiger partial charge in [0.1, 0.15) is 17.3 Å². The third-order valence-electron chi connectivity index (χ3n) is 5.17. The van der Waals surface area contributed by atoms with Crippen molar-refractivity contribution in [2.24, 2.45) is 0 Å². The second-order valence-corrected chi connectivity index (χ2v) is 7.53.